The first-order valence-electron chi connectivity index (χ1n) is 6.80. The zero-order chi connectivity index (χ0) is 13.9. The molecule has 1 aliphatic heterocycles. The van der Waals surface area contributed by atoms with Crippen LogP contribution in [0.3, 0.4) is 0 Å². The van der Waals surface area contributed by atoms with Gasteiger partial charge in [0, 0.05) is 18.7 Å². The van der Waals surface area contributed by atoms with Gasteiger partial charge in [-0.25, -0.2) is 4.98 Å². The van der Waals surface area contributed by atoms with Crippen LogP contribution in [0.2, 0.25) is 0 Å². The molecule has 1 aliphatic rings. The third kappa shape index (κ3) is 2.70. The Balaban J connectivity index is 1.92. The van der Waals surface area contributed by atoms with Gasteiger partial charge in [-0.05, 0) is 6.92 Å². The number of anilines is 1. The molecule has 5 heteroatoms. The third-order valence-electron chi connectivity index (χ3n) is 3.39. The Hall–Kier alpha value is -1.43. The maximum atomic E-state index is 9.57. The van der Waals surface area contributed by atoms with Crippen molar-refractivity contribution < 1.29 is 9.84 Å². The van der Waals surface area contributed by atoms with Crippen molar-refractivity contribution in [2.24, 2.45) is 0 Å². The molecule has 1 N–H and O–H groups in total. The molecule has 0 unspecified atom stereocenters. The van der Waals surface area contributed by atoms with Gasteiger partial charge in [-0.1, -0.05) is 41.7 Å². The molecule has 0 saturated carbocycles. The van der Waals surface area contributed by atoms with Gasteiger partial charge in [0.1, 0.15) is 0 Å². The van der Waals surface area contributed by atoms with Crippen LogP contribution in [0.5, 0.6) is 0 Å². The van der Waals surface area contributed by atoms with Gasteiger partial charge >= 0.3 is 0 Å². The third-order valence-corrected chi connectivity index (χ3v) is 4.49. The Morgan fingerprint density at radius 2 is 2.20 bits per heavy atom. The second-order valence-corrected chi connectivity index (χ2v) is 5.98. The molecular formula is C15H18N2O2S. The predicted octanol–water partition coefficient (Wildman–Crippen LogP) is 2.53. The molecule has 106 valence electrons. The highest BCUT2D eigenvalue weighted by molar-refractivity contribution is 7.16. The van der Waals surface area contributed by atoms with Gasteiger partial charge < -0.3 is 14.7 Å². The number of morpholine rings is 1. The van der Waals surface area contributed by atoms with E-state index in [4.69, 9.17) is 9.72 Å². The molecule has 0 bridgehead atoms. The maximum Gasteiger partial charge on any atom is 0.186 e. The van der Waals surface area contributed by atoms with E-state index in [-0.39, 0.29) is 12.7 Å². The topological polar surface area (TPSA) is 45.6 Å². The molecule has 0 aliphatic carbocycles. The molecule has 1 saturated heterocycles. The average molecular weight is 290 g/mol. The summed E-state index contributed by atoms with van der Waals surface area (Å²) >= 11 is 1.57. The molecule has 0 amide bonds. The van der Waals surface area contributed by atoms with E-state index in [1.807, 2.05) is 30.3 Å². The van der Waals surface area contributed by atoms with E-state index < -0.39 is 0 Å². The zero-order valence-corrected chi connectivity index (χ0v) is 12.3. The van der Waals surface area contributed by atoms with Crippen molar-refractivity contribution in [1.29, 1.82) is 0 Å². The van der Waals surface area contributed by atoms with Gasteiger partial charge in [0.05, 0.1) is 29.9 Å². The quantitative estimate of drug-likeness (QED) is 0.943. The molecule has 0 spiro atoms. The number of aliphatic hydroxyl groups is 1. The lowest BCUT2D eigenvalue weighted by molar-refractivity contribution is 0.0532. The predicted molar refractivity (Wildman–Crippen MR) is 81.1 cm³/mol. The molecule has 4 nitrogen and oxygen atoms in total. The van der Waals surface area contributed by atoms with Crippen LogP contribution < -0.4 is 4.90 Å². The molecule has 2 heterocycles. The van der Waals surface area contributed by atoms with Gasteiger partial charge in [0.2, 0.25) is 0 Å². The number of thiazole rings is 1. The van der Waals surface area contributed by atoms with Gasteiger partial charge in [0.25, 0.3) is 0 Å². The van der Waals surface area contributed by atoms with Crippen molar-refractivity contribution in [2.45, 2.75) is 19.6 Å². The molecule has 3 rings (SSSR count). The fourth-order valence-electron chi connectivity index (χ4n) is 2.40. The molecular weight excluding hydrogens is 272 g/mol. The number of nitrogens with zero attached hydrogens (tertiary/aromatic N) is 2. The van der Waals surface area contributed by atoms with Crippen molar-refractivity contribution in [3.63, 3.8) is 0 Å². The SMILES string of the molecule is C[C@H]1CN(c2nc(-c3ccccc3)c(CO)s2)CCO1. The number of hydrogen-bond donors (Lipinski definition) is 1. The maximum absolute atomic E-state index is 9.57. The Kier molecular flexibility index (Phi) is 4.00. The summed E-state index contributed by atoms with van der Waals surface area (Å²) in [4.78, 5) is 7.90. The summed E-state index contributed by atoms with van der Waals surface area (Å²) in [5.41, 5.74) is 1.95. The molecule has 0 radical (unpaired) electrons. The van der Waals surface area contributed by atoms with E-state index in [1.165, 1.54) is 0 Å². The lowest BCUT2D eigenvalue weighted by atomic mass is 10.1. The summed E-state index contributed by atoms with van der Waals surface area (Å²) in [5.74, 6) is 0. The molecule has 1 aromatic heterocycles. The zero-order valence-electron chi connectivity index (χ0n) is 11.5. The van der Waals surface area contributed by atoms with E-state index in [9.17, 15) is 5.11 Å². The first kappa shape index (κ1) is 13.5. The van der Waals surface area contributed by atoms with Gasteiger partial charge in [-0.15, -0.1) is 0 Å². The van der Waals surface area contributed by atoms with E-state index >= 15 is 0 Å². The second-order valence-electron chi connectivity index (χ2n) is 4.92. The summed E-state index contributed by atoms with van der Waals surface area (Å²) in [6.07, 6.45) is 0.227. The number of aliphatic hydroxyl groups excluding tert-OH is 1. The largest absolute Gasteiger partial charge is 0.391 e. The fourth-order valence-corrected chi connectivity index (χ4v) is 3.37. The Morgan fingerprint density at radius 3 is 2.90 bits per heavy atom. The monoisotopic (exact) mass is 290 g/mol. The lowest BCUT2D eigenvalue weighted by Gasteiger charge is -2.30. The van der Waals surface area contributed by atoms with E-state index in [0.29, 0.717) is 0 Å². The van der Waals surface area contributed by atoms with Crippen molar-refractivity contribution in [3.8, 4) is 11.3 Å². The van der Waals surface area contributed by atoms with E-state index in [2.05, 4.69) is 11.8 Å². The van der Waals surface area contributed by atoms with Crippen molar-refractivity contribution in [1.82, 2.24) is 4.98 Å². The Labute approximate surface area is 122 Å². The lowest BCUT2D eigenvalue weighted by Crippen LogP contribution is -2.41. The average Bonchev–Trinajstić information content (AvgIpc) is 2.92. The van der Waals surface area contributed by atoms with Gasteiger partial charge in [-0.2, -0.15) is 0 Å². The number of benzene rings is 1. The number of rotatable bonds is 3. The highest BCUT2D eigenvalue weighted by Crippen LogP contribution is 2.33. The second kappa shape index (κ2) is 5.91. The van der Waals surface area contributed by atoms with Crippen LogP contribution in [0, 0.1) is 0 Å². The summed E-state index contributed by atoms with van der Waals surface area (Å²) in [7, 11) is 0. The normalized spacial score (nSPS) is 19.3. The summed E-state index contributed by atoms with van der Waals surface area (Å²) in [6.45, 7) is 4.55. The van der Waals surface area contributed by atoms with Gasteiger partial charge in [0.15, 0.2) is 5.13 Å². The van der Waals surface area contributed by atoms with Crippen LogP contribution in [0.1, 0.15) is 11.8 Å². The van der Waals surface area contributed by atoms with Crippen molar-refractivity contribution in [2.75, 3.05) is 24.6 Å². The van der Waals surface area contributed by atoms with Crippen LogP contribution >= 0.6 is 11.3 Å². The van der Waals surface area contributed by atoms with Crippen LogP contribution in [0.4, 0.5) is 5.13 Å². The molecule has 1 atom stereocenters. The van der Waals surface area contributed by atoms with E-state index in [1.54, 1.807) is 11.3 Å². The molecule has 1 aromatic carbocycles. The van der Waals surface area contributed by atoms with Crippen molar-refractivity contribution >= 4 is 16.5 Å². The smallest absolute Gasteiger partial charge is 0.186 e. The summed E-state index contributed by atoms with van der Waals surface area (Å²) in [6, 6.07) is 10.0. The standard InChI is InChI=1S/C15H18N2O2S/c1-11-9-17(7-8-19-11)15-16-14(13(10-18)20-15)12-5-3-2-4-6-12/h2-6,11,18H,7-10H2,1H3/t11-/m0/s1. The highest BCUT2D eigenvalue weighted by atomic mass is 32.1. The number of hydrogen-bond acceptors (Lipinski definition) is 5. The molecule has 1 fully saturated rings. The Bertz CT molecular complexity index is 571. The first-order valence-corrected chi connectivity index (χ1v) is 7.62. The number of ether oxygens (including phenoxy) is 1. The van der Waals surface area contributed by atoms with Crippen LogP contribution in [-0.2, 0) is 11.3 Å². The summed E-state index contributed by atoms with van der Waals surface area (Å²) < 4.78 is 5.56. The first-order chi connectivity index (χ1) is 9.78. The minimum absolute atomic E-state index is 0.0296. The van der Waals surface area contributed by atoms with Crippen molar-refractivity contribution in [3.05, 3.63) is 35.2 Å². The molecule has 20 heavy (non-hydrogen) atoms. The van der Waals surface area contributed by atoms with Crippen LogP contribution in [0.25, 0.3) is 11.3 Å². The molecule has 2 aromatic rings. The highest BCUT2D eigenvalue weighted by Gasteiger charge is 2.21. The van der Waals surface area contributed by atoms with E-state index in [0.717, 1.165) is 41.0 Å². The minimum Gasteiger partial charge on any atom is -0.391 e. The number of aromatic nitrogens is 1. The summed E-state index contributed by atoms with van der Waals surface area (Å²) in [5, 5.41) is 10.5. The fraction of sp³-hybridized carbons (Fsp3) is 0.400. The van der Waals surface area contributed by atoms with Crippen LogP contribution in [0.15, 0.2) is 30.3 Å². The van der Waals surface area contributed by atoms with Crippen LogP contribution in [-0.4, -0.2) is 35.9 Å². The minimum atomic E-state index is 0.0296. The Morgan fingerprint density at radius 1 is 1.40 bits per heavy atom. The van der Waals surface area contributed by atoms with Gasteiger partial charge in [-0.3, -0.25) is 0 Å².